The molecule has 0 radical (unpaired) electrons. The molecule has 2 aromatic rings. The summed E-state index contributed by atoms with van der Waals surface area (Å²) in [4.78, 5) is 20.1. The fraction of sp³-hybridized carbons (Fsp3) is 0.450. The van der Waals surface area contributed by atoms with Gasteiger partial charge in [0.25, 0.3) is 5.91 Å². The molecule has 1 fully saturated rings. The minimum Gasteiger partial charge on any atom is -0.394 e. The Hall–Kier alpha value is -2.40. The molecule has 30 heavy (non-hydrogen) atoms. The molecule has 3 rings (SSSR count). The first-order valence-corrected chi connectivity index (χ1v) is 11.5. The van der Waals surface area contributed by atoms with Gasteiger partial charge in [0.1, 0.15) is 11.8 Å². The summed E-state index contributed by atoms with van der Waals surface area (Å²) in [5.74, 6) is -0.447. The molecule has 1 aromatic heterocycles. The Labute approximate surface area is 176 Å². The third-order valence-electron chi connectivity index (χ3n) is 4.90. The third-order valence-corrected chi connectivity index (χ3v) is 6.25. The van der Waals surface area contributed by atoms with E-state index in [4.69, 9.17) is 4.74 Å². The highest BCUT2D eigenvalue weighted by Crippen LogP contribution is 2.22. The molecule has 1 amide bonds. The Morgan fingerprint density at radius 1 is 1.20 bits per heavy atom. The molecule has 1 aliphatic heterocycles. The first-order valence-electron chi connectivity index (χ1n) is 9.81. The number of nitrogens with zero attached hydrogens (tertiary/aromatic N) is 2. The van der Waals surface area contributed by atoms with E-state index in [1.165, 1.54) is 18.6 Å². The molecule has 1 aliphatic rings. The van der Waals surface area contributed by atoms with Crippen LogP contribution in [0.1, 0.15) is 35.3 Å². The van der Waals surface area contributed by atoms with Crippen molar-refractivity contribution in [3.05, 3.63) is 60.2 Å². The quantitative estimate of drug-likeness (QED) is 0.527. The van der Waals surface area contributed by atoms with Gasteiger partial charge in [-0.2, -0.15) is 0 Å². The van der Waals surface area contributed by atoms with Crippen molar-refractivity contribution in [1.29, 1.82) is 0 Å². The van der Waals surface area contributed by atoms with Crippen LogP contribution in [0.25, 0.3) is 0 Å². The lowest BCUT2D eigenvalue weighted by atomic mass is 9.97. The van der Waals surface area contributed by atoms with E-state index in [1.807, 2.05) is 6.07 Å². The molecule has 162 valence electrons. The number of benzene rings is 1. The van der Waals surface area contributed by atoms with Gasteiger partial charge in [-0.05, 0) is 24.8 Å². The molecule has 0 aliphatic carbocycles. The fourth-order valence-electron chi connectivity index (χ4n) is 3.39. The third kappa shape index (κ3) is 6.56. The second-order valence-electron chi connectivity index (χ2n) is 7.15. The number of aromatic nitrogens is 2. The van der Waals surface area contributed by atoms with Crippen molar-refractivity contribution in [2.24, 2.45) is 0 Å². The summed E-state index contributed by atoms with van der Waals surface area (Å²) < 4.78 is 32.9. The topological polar surface area (TPSA) is 131 Å². The van der Waals surface area contributed by atoms with Gasteiger partial charge in [-0.25, -0.2) is 18.1 Å². The number of amides is 1. The summed E-state index contributed by atoms with van der Waals surface area (Å²) >= 11 is 0. The summed E-state index contributed by atoms with van der Waals surface area (Å²) in [6.45, 7) is -0.00371. The summed E-state index contributed by atoms with van der Waals surface area (Å²) in [6, 6.07) is 8.63. The van der Waals surface area contributed by atoms with Crippen LogP contribution in [0.5, 0.6) is 0 Å². The monoisotopic (exact) mass is 434 g/mol. The largest absolute Gasteiger partial charge is 0.394 e. The predicted octanol–water partition coefficient (Wildman–Crippen LogP) is 0.625. The molecular formula is C20H26N4O5S. The van der Waals surface area contributed by atoms with Gasteiger partial charge < -0.3 is 15.2 Å². The van der Waals surface area contributed by atoms with Crippen molar-refractivity contribution < 1.29 is 23.1 Å². The van der Waals surface area contributed by atoms with E-state index in [1.54, 1.807) is 24.3 Å². The lowest BCUT2D eigenvalue weighted by Gasteiger charge is -2.36. The molecule has 0 spiro atoms. The average molecular weight is 435 g/mol. The van der Waals surface area contributed by atoms with Crippen molar-refractivity contribution in [3.63, 3.8) is 0 Å². The van der Waals surface area contributed by atoms with Crippen molar-refractivity contribution in [1.82, 2.24) is 20.0 Å². The molecule has 2 heterocycles. The first-order chi connectivity index (χ1) is 14.5. The molecule has 0 unspecified atom stereocenters. The second kappa shape index (κ2) is 10.6. The molecule has 0 saturated carbocycles. The van der Waals surface area contributed by atoms with E-state index in [9.17, 15) is 18.3 Å². The highest BCUT2D eigenvalue weighted by molar-refractivity contribution is 7.88. The zero-order valence-electron chi connectivity index (χ0n) is 16.5. The number of rotatable bonds is 9. The van der Waals surface area contributed by atoms with Crippen LogP contribution in [0.4, 0.5) is 0 Å². The van der Waals surface area contributed by atoms with Crippen LogP contribution in [0.3, 0.4) is 0 Å². The Kier molecular flexibility index (Phi) is 7.86. The zero-order chi connectivity index (χ0) is 21.4. The van der Waals surface area contributed by atoms with Crippen LogP contribution in [0.15, 0.2) is 48.9 Å². The molecule has 3 atom stereocenters. The molecule has 10 heteroatoms. The van der Waals surface area contributed by atoms with Crippen molar-refractivity contribution in [2.75, 3.05) is 13.2 Å². The molecule has 9 nitrogen and oxygen atoms in total. The number of hydrogen-bond donors (Lipinski definition) is 3. The summed E-state index contributed by atoms with van der Waals surface area (Å²) in [6.07, 6.45) is 5.25. The Morgan fingerprint density at radius 3 is 2.70 bits per heavy atom. The number of aliphatic hydroxyl groups excluding tert-OH is 1. The minimum absolute atomic E-state index is 0.0743. The molecule has 1 aromatic carbocycles. The van der Waals surface area contributed by atoms with E-state index < -0.39 is 16.1 Å². The van der Waals surface area contributed by atoms with Gasteiger partial charge in [0.15, 0.2) is 0 Å². The van der Waals surface area contributed by atoms with Crippen LogP contribution in [0.2, 0.25) is 0 Å². The molecule has 3 N–H and O–H groups in total. The van der Waals surface area contributed by atoms with Gasteiger partial charge in [-0.15, -0.1) is 0 Å². The Bertz CT molecular complexity index is 911. The van der Waals surface area contributed by atoms with Crippen LogP contribution >= 0.6 is 0 Å². The van der Waals surface area contributed by atoms with Gasteiger partial charge in [-0.1, -0.05) is 30.3 Å². The summed E-state index contributed by atoms with van der Waals surface area (Å²) in [7, 11) is -3.44. The van der Waals surface area contributed by atoms with Gasteiger partial charge in [0.2, 0.25) is 10.0 Å². The summed E-state index contributed by atoms with van der Waals surface area (Å²) in [5, 5.41) is 12.5. The number of nitrogens with one attached hydrogen (secondary N) is 2. The summed E-state index contributed by atoms with van der Waals surface area (Å²) in [5.41, 5.74) is 0.921. The lowest BCUT2D eigenvalue weighted by Crippen LogP contribution is -2.51. The van der Waals surface area contributed by atoms with Crippen LogP contribution in [0, 0.1) is 0 Å². The molecule has 0 bridgehead atoms. The zero-order valence-corrected chi connectivity index (χ0v) is 17.3. The highest BCUT2D eigenvalue weighted by Gasteiger charge is 2.32. The van der Waals surface area contributed by atoms with Crippen molar-refractivity contribution in [3.8, 4) is 0 Å². The highest BCUT2D eigenvalue weighted by atomic mass is 32.2. The van der Waals surface area contributed by atoms with Gasteiger partial charge in [0, 0.05) is 18.9 Å². The maximum atomic E-state index is 12.3. The first kappa shape index (κ1) is 22.3. The predicted molar refractivity (Wildman–Crippen MR) is 110 cm³/mol. The Morgan fingerprint density at radius 2 is 2.00 bits per heavy atom. The normalized spacial score (nSPS) is 21.8. The minimum atomic E-state index is -3.44. The van der Waals surface area contributed by atoms with E-state index in [-0.39, 0.29) is 42.7 Å². The Balaban J connectivity index is 1.45. The van der Waals surface area contributed by atoms with E-state index in [0.29, 0.717) is 19.3 Å². The smallest absolute Gasteiger partial charge is 0.271 e. The number of carbonyl (C=O) groups is 1. The number of ether oxygens (including phenoxy) is 1. The second-order valence-corrected chi connectivity index (χ2v) is 8.96. The number of aliphatic hydroxyl groups is 1. The number of sulfonamides is 1. The van der Waals surface area contributed by atoms with E-state index in [0.717, 1.165) is 5.56 Å². The fourth-order valence-corrected chi connectivity index (χ4v) is 4.55. The number of carbonyl (C=O) groups excluding carboxylic acids is 1. The van der Waals surface area contributed by atoms with Crippen LogP contribution in [-0.4, -0.2) is 60.8 Å². The molecular weight excluding hydrogens is 408 g/mol. The molecule has 1 saturated heterocycles. The van der Waals surface area contributed by atoms with Crippen LogP contribution in [-0.2, 0) is 20.5 Å². The number of hydrogen-bond acceptors (Lipinski definition) is 7. The van der Waals surface area contributed by atoms with E-state index in [2.05, 4.69) is 20.0 Å². The average Bonchev–Trinajstić information content (AvgIpc) is 2.75. The van der Waals surface area contributed by atoms with Crippen molar-refractivity contribution >= 4 is 15.9 Å². The SMILES string of the molecule is O=C(N[C@@H]1CC[C@@H](CCNS(=O)(=O)Cc2ccccc2)O[C@@H]1CO)c1cnccn1. The maximum absolute atomic E-state index is 12.3. The lowest BCUT2D eigenvalue weighted by molar-refractivity contribution is -0.0891. The van der Waals surface area contributed by atoms with Gasteiger partial charge in [-0.3, -0.25) is 9.78 Å². The van der Waals surface area contributed by atoms with Gasteiger partial charge in [0.05, 0.1) is 30.7 Å². The van der Waals surface area contributed by atoms with E-state index >= 15 is 0 Å². The van der Waals surface area contributed by atoms with Gasteiger partial charge >= 0.3 is 0 Å². The maximum Gasteiger partial charge on any atom is 0.271 e. The standard InChI is InChI=1S/C20H26N4O5S/c25-13-19-17(24-20(26)18-12-21-10-11-22-18)7-6-16(29-19)8-9-23-30(27,28)14-15-4-2-1-3-5-15/h1-5,10-12,16-17,19,23,25H,6-9,13-14H2,(H,24,26)/t16-,17+,19+/m0/s1. The van der Waals surface area contributed by atoms with Crippen molar-refractivity contribution in [2.45, 2.75) is 43.3 Å². The van der Waals surface area contributed by atoms with Crippen LogP contribution < -0.4 is 10.0 Å².